The van der Waals surface area contributed by atoms with Crippen LogP contribution in [-0.2, 0) is 0 Å². The second-order valence-corrected chi connectivity index (χ2v) is 6.19. The first-order chi connectivity index (χ1) is 12.9. The van der Waals surface area contributed by atoms with Crippen molar-refractivity contribution in [1.29, 1.82) is 0 Å². The molecule has 0 fully saturated rings. The van der Waals surface area contributed by atoms with E-state index >= 15 is 0 Å². The smallest absolute Gasteiger partial charge is 0.307 e. The molecule has 2 aromatic carbocycles. The maximum absolute atomic E-state index is 12.2. The molecule has 0 aliphatic rings. The zero-order chi connectivity index (χ0) is 19.6. The minimum Gasteiger partial charge on any atom is -0.504 e. The summed E-state index contributed by atoms with van der Waals surface area (Å²) in [5.41, 5.74) is 3.11. The number of nitrogens with one attached hydrogen (secondary N) is 1. The van der Waals surface area contributed by atoms with Crippen LogP contribution < -0.4 is 10.2 Å². The van der Waals surface area contributed by atoms with E-state index in [0.717, 1.165) is 0 Å². The number of aromatic hydroxyl groups is 1. The van der Waals surface area contributed by atoms with Gasteiger partial charge in [-0.1, -0.05) is 0 Å². The summed E-state index contributed by atoms with van der Waals surface area (Å²) in [7, 11) is 1.41. The first-order valence-corrected chi connectivity index (χ1v) is 8.26. The average molecular weight is 434 g/mol. The molecule has 0 spiro atoms. The molecule has 138 valence electrons. The van der Waals surface area contributed by atoms with Crippen molar-refractivity contribution >= 4 is 44.7 Å². The molecule has 0 atom stereocenters. The zero-order valence-corrected chi connectivity index (χ0v) is 15.4. The average Bonchev–Trinajstić information content (AvgIpc) is 3.06. The number of carbonyl (C=O) groups is 1. The fourth-order valence-corrected chi connectivity index (χ4v) is 2.73. The van der Waals surface area contributed by atoms with Crippen LogP contribution in [0.1, 0.15) is 16.1 Å². The SMILES string of the molecule is COc1cc(/C=N\NC(=O)c2cc3cc([N+](=O)[O-])ccc3o2)c(Br)cc1O. The number of nitro groups is 1. The second kappa shape index (κ2) is 7.46. The number of amides is 1. The van der Waals surface area contributed by atoms with Gasteiger partial charge in [0.05, 0.1) is 18.2 Å². The van der Waals surface area contributed by atoms with Gasteiger partial charge in [0, 0.05) is 27.6 Å². The number of methoxy groups -OCH3 is 1. The fourth-order valence-electron chi connectivity index (χ4n) is 2.29. The molecule has 1 amide bonds. The lowest BCUT2D eigenvalue weighted by Gasteiger charge is -2.06. The summed E-state index contributed by atoms with van der Waals surface area (Å²) in [6, 6.07) is 8.41. The number of benzene rings is 2. The molecule has 2 N–H and O–H groups in total. The maximum Gasteiger partial charge on any atom is 0.307 e. The van der Waals surface area contributed by atoms with Crippen molar-refractivity contribution in [2.45, 2.75) is 0 Å². The number of hydrazone groups is 1. The van der Waals surface area contributed by atoms with Crippen LogP contribution in [0.4, 0.5) is 5.69 Å². The van der Waals surface area contributed by atoms with E-state index in [-0.39, 0.29) is 22.9 Å². The Balaban J connectivity index is 1.77. The lowest BCUT2D eigenvalue weighted by molar-refractivity contribution is -0.384. The van der Waals surface area contributed by atoms with Crippen molar-refractivity contribution in [3.05, 3.63) is 62.3 Å². The summed E-state index contributed by atoms with van der Waals surface area (Å²) in [5, 5.41) is 24.8. The second-order valence-electron chi connectivity index (χ2n) is 5.33. The molecular weight excluding hydrogens is 422 g/mol. The molecule has 10 heteroatoms. The van der Waals surface area contributed by atoms with Gasteiger partial charge in [-0.3, -0.25) is 14.9 Å². The third-order valence-electron chi connectivity index (χ3n) is 3.60. The van der Waals surface area contributed by atoms with Gasteiger partial charge in [-0.15, -0.1) is 0 Å². The number of nitro benzene ring substituents is 1. The number of rotatable bonds is 5. The largest absolute Gasteiger partial charge is 0.504 e. The number of halogens is 1. The van der Waals surface area contributed by atoms with E-state index in [4.69, 9.17) is 9.15 Å². The van der Waals surface area contributed by atoms with Gasteiger partial charge >= 0.3 is 5.91 Å². The maximum atomic E-state index is 12.2. The minimum absolute atomic E-state index is 0.0370. The number of nitrogens with zero attached hydrogens (tertiary/aromatic N) is 2. The van der Waals surface area contributed by atoms with Gasteiger partial charge in [0.25, 0.3) is 5.69 Å². The standard InChI is InChI=1S/C17H12BrN3O6/c1-26-15-6-10(12(18)7-13(15)22)8-19-20-17(23)16-5-9-4-11(21(24)25)2-3-14(9)27-16/h2-8,22H,1H3,(H,20,23)/b19-8-. The Morgan fingerprint density at radius 2 is 2.15 bits per heavy atom. The van der Waals surface area contributed by atoms with Gasteiger partial charge in [0.2, 0.25) is 0 Å². The van der Waals surface area contributed by atoms with Gasteiger partial charge in [0.15, 0.2) is 17.3 Å². The molecule has 27 heavy (non-hydrogen) atoms. The third-order valence-corrected chi connectivity index (χ3v) is 4.29. The quantitative estimate of drug-likeness (QED) is 0.359. The number of phenolic OH excluding ortho intramolecular Hbond substituents is 1. The van der Waals surface area contributed by atoms with E-state index in [1.54, 1.807) is 0 Å². The normalized spacial score (nSPS) is 11.0. The molecule has 1 heterocycles. The Hall–Kier alpha value is -3.40. The molecule has 3 aromatic rings. The third kappa shape index (κ3) is 3.90. The predicted octanol–water partition coefficient (Wildman–Crippen LogP) is 3.58. The summed E-state index contributed by atoms with van der Waals surface area (Å²) in [4.78, 5) is 22.4. The molecule has 0 unspecified atom stereocenters. The van der Waals surface area contributed by atoms with Gasteiger partial charge in [-0.2, -0.15) is 5.10 Å². The van der Waals surface area contributed by atoms with E-state index in [2.05, 4.69) is 26.5 Å². The van der Waals surface area contributed by atoms with Gasteiger partial charge in [-0.25, -0.2) is 5.43 Å². The molecule has 1 aromatic heterocycles. The van der Waals surface area contributed by atoms with Crippen molar-refractivity contribution in [2.24, 2.45) is 5.10 Å². The highest BCUT2D eigenvalue weighted by atomic mass is 79.9. The lowest BCUT2D eigenvalue weighted by Crippen LogP contribution is -2.16. The molecule has 0 saturated heterocycles. The molecule has 0 aliphatic heterocycles. The van der Waals surface area contributed by atoms with E-state index in [1.807, 2.05) is 0 Å². The monoisotopic (exact) mass is 433 g/mol. The molecular formula is C17H12BrN3O6. The number of hydrogen-bond acceptors (Lipinski definition) is 7. The van der Waals surface area contributed by atoms with Crippen LogP contribution in [-0.4, -0.2) is 29.3 Å². The van der Waals surface area contributed by atoms with Crippen LogP contribution >= 0.6 is 15.9 Å². The van der Waals surface area contributed by atoms with Crippen molar-refractivity contribution in [2.75, 3.05) is 7.11 Å². The number of phenols is 1. The Bertz CT molecular complexity index is 1080. The summed E-state index contributed by atoms with van der Waals surface area (Å²) < 4.78 is 10.9. The molecule has 0 bridgehead atoms. The topological polar surface area (TPSA) is 127 Å². The van der Waals surface area contributed by atoms with Gasteiger partial charge in [-0.05, 0) is 40.2 Å². The number of carbonyl (C=O) groups excluding carboxylic acids is 1. The van der Waals surface area contributed by atoms with Crippen LogP contribution in [0.5, 0.6) is 11.5 Å². The van der Waals surface area contributed by atoms with Crippen LogP contribution in [0.2, 0.25) is 0 Å². The van der Waals surface area contributed by atoms with Crippen LogP contribution in [0, 0.1) is 10.1 Å². The van der Waals surface area contributed by atoms with E-state index in [0.29, 0.717) is 21.0 Å². The van der Waals surface area contributed by atoms with Gasteiger partial charge < -0.3 is 14.3 Å². The summed E-state index contributed by atoms with van der Waals surface area (Å²) in [6.07, 6.45) is 1.36. The highest BCUT2D eigenvalue weighted by Gasteiger charge is 2.14. The lowest BCUT2D eigenvalue weighted by atomic mass is 10.2. The van der Waals surface area contributed by atoms with Crippen molar-refractivity contribution in [3.63, 3.8) is 0 Å². The number of ether oxygens (including phenoxy) is 1. The Morgan fingerprint density at radius 1 is 1.37 bits per heavy atom. The molecule has 9 nitrogen and oxygen atoms in total. The predicted molar refractivity (Wildman–Crippen MR) is 100 cm³/mol. The van der Waals surface area contributed by atoms with Crippen LogP contribution in [0.3, 0.4) is 0 Å². The highest BCUT2D eigenvalue weighted by Crippen LogP contribution is 2.31. The molecule has 3 rings (SSSR count). The number of fused-ring (bicyclic) bond motifs is 1. The van der Waals surface area contributed by atoms with Crippen molar-refractivity contribution < 1.29 is 24.0 Å². The minimum atomic E-state index is -0.619. The fraction of sp³-hybridized carbons (Fsp3) is 0.0588. The summed E-state index contributed by atoms with van der Waals surface area (Å²) in [5.74, 6) is -0.441. The Morgan fingerprint density at radius 3 is 2.85 bits per heavy atom. The number of furan rings is 1. The van der Waals surface area contributed by atoms with Crippen LogP contribution in [0.25, 0.3) is 11.0 Å². The zero-order valence-electron chi connectivity index (χ0n) is 13.8. The van der Waals surface area contributed by atoms with E-state index in [9.17, 15) is 20.0 Å². The van der Waals surface area contributed by atoms with Crippen molar-refractivity contribution in [1.82, 2.24) is 5.43 Å². The number of non-ortho nitro benzene ring substituents is 1. The molecule has 0 aliphatic carbocycles. The van der Waals surface area contributed by atoms with E-state index in [1.165, 1.54) is 49.7 Å². The summed E-state index contributed by atoms with van der Waals surface area (Å²) >= 11 is 3.27. The Labute approximate surface area is 160 Å². The van der Waals surface area contributed by atoms with Gasteiger partial charge in [0.1, 0.15) is 5.58 Å². The Kier molecular flexibility index (Phi) is 5.08. The highest BCUT2D eigenvalue weighted by molar-refractivity contribution is 9.10. The summed E-state index contributed by atoms with van der Waals surface area (Å²) in [6.45, 7) is 0. The first kappa shape index (κ1) is 18.4. The van der Waals surface area contributed by atoms with Crippen LogP contribution in [0.15, 0.2) is 50.4 Å². The number of hydrogen-bond donors (Lipinski definition) is 2. The molecule has 0 saturated carbocycles. The molecule has 0 radical (unpaired) electrons. The first-order valence-electron chi connectivity index (χ1n) is 7.47. The van der Waals surface area contributed by atoms with E-state index < -0.39 is 10.8 Å². The van der Waals surface area contributed by atoms with Crippen molar-refractivity contribution in [3.8, 4) is 11.5 Å².